The van der Waals surface area contributed by atoms with E-state index >= 15 is 0 Å². The van der Waals surface area contributed by atoms with Gasteiger partial charge in [-0.2, -0.15) is 0 Å². The first kappa shape index (κ1) is 21.9. The molecule has 6 nitrogen and oxygen atoms in total. The molecule has 4 aromatic rings. The third-order valence-electron chi connectivity index (χ3n) is 4.76. The van der Waals surface area contributed by atoms with E-state index in [9.17, 15) is 4.79 Å². The molecule has 0 spiro atoms. The molecular weight excluding hydrogens is 444 g/mol. The number of nitrogens with one attached hydrogen (secondary N) is 2. The van der Waals surface area contributed by atoms with E-state index in [2.05, 4.69) is 20.5 Å². The molecule has 0 bridgehead atoms. The van der Waals surface area contributed by atoms with Gasteiger partial charge in [-0.05, 0) is 54.4 Å². The Balaban J connectivity index is 1.60. The summed E-state index contributed by atoms with van der Waals surface area (Å²) in [6.45, 7) is 1.96. The van der Waals surface area contributed by atoms with E-state index < -0.39 is 5.25 Å². The summed E-state index contributed by atoms with van der Waals surface area (Å²) in [5.74, 6) is 1.02. The van der Waals surface area contributed by atoms with Gasteiger partial charge < -0.3 is 10.1 Å². The van der Waals surface area contributed by atoms with E-state index in [-0.39, 0.29) is 5.91 Å². The fourth-order valence-corrected chi connectivity index (χ4v) is 4.20. The van der Waals surface area contributed by atoms with Gasteiger partial charge in [0.15, 0.2) is 5.82 Å². The summed E-state index contributed by atoms with van der Waals surface area (Å²) in [5.41, 5.74) is 3.35. The third kappa shape index (κ3) is 5.12. The van der Waals surface area contributed by atoms with Gasteiger partial charge >= 0.3 is 0 Å². The number of aromatic nitrogens is 3. The Bertz CT molecular complexity index is 1210. The van der Waals surface area contributed by atoms with Gasteiger partial charge in [-0.15, -0.1) is 5.10 Å². The molecule has 0 aliphatic rings. The molecule has 2 N–H and O–H groups in total. The maximum atomic E-state index is 13.3. The van der Waals surface area contributed by atoms with Crippen LogP contribution in [0, 0.1) is 6.92 Å². The van der Waals surface area contributed by atoms with E-state index in [4.69, 9.17) is 16.3 Å². The second-order valence-corrected chi connectivity index (χ2v) is 8.58. The molecule has 1 unspecified atom stereocenters. The number of nitrogens with zero attached hydrogens (tertiary/aromatic N) is 2. The molecule has 8 heteroatoms. The Kier molecular flexibility index (Phi) is 6.78. The number of rotatable bonds is 7. The average Bonchev–Trinajstić information content (AvgIpc) is 3.27. The first-order chi connectivity index (χ1) is 15.5. The summed E-state index contributed by atoms with van der Waals surface area (Å²) in [5, 5.41) is 10.8. The van der Waals surface area contributed by atoms with E-state index in [1.807, 2.05) is 67.6 Å². The van der Waals surface area contributed by atoms with Crippen LogP contribution in [0.25, 0.3) is 11.4 Å². The summed E-state index contributed by atoms with van der Waals surface area (Å²) in [4.78, 5) is 17.9. The molecule has 0 saturated carbocycles. The Morgan fingerprint density at radius 3 is 2.56 bits per heavy atom. The minimum Gasteiger partial charge on any atom is -0.495 e. The van der Waals surface area contributed by atoms with Crippen molar-refractivity contribution in [2.45, 2.75) is 17.3 Å². The number of carbonyl (C=O) groups is 1. The predicted octanol–water partition coefficient (Wildman–Crippen LogP) is 5.91. The molecule has 1 aromatic heterocycles. The van der Waals surface area contributed by atoms with Crippen molar-refractivity contribution in [1.29, 1.82) is 0 Å². The van der Waals surface area contributed by atoms with E-state index in [1.165, 1.54) is 11.8 Å². The Morgan fingerprint density at radius 2 is 1.84 bits per heavy atom. The lowest BCUT2D eigenvalue weighted by molar-refractivity contribution is -0.115. The molecular formula is C24H21ClN4O2S. The molecule has 32 heavy (non-hydrogen) atoms. The zero-order valence-electron chi connectivity index (χ0n) is 17.5. The van der Waals surface area contributed by atoms with Gasteiger partial charge in [-0.3, -0.25) is 9.89 Å². The SMILES string of the molecule is COc1ccc(C)cc1NC(=O)C(Sc1n[nH]c(-c2ccc(Cl)cc2)n1)c1ccccc1. The smallest absolute Gasteiger partial charge is 0.242 e. The fraction of sp³-hybridized carbons (Fsp3) is 0.125. The van der Waals surface area contributed by atoms with Gasteiger partial charge in [0.2, 0.25) is 11.1 Å². The molecule has 0 fully saturated rings. The number of hydrogen-bond acceptors (Lipinski definition) is 5. The number of hydrogen-bond donors (Lipinski definition) is 2. The number of anilines is 1. The zero-order valence-corrected chi connectivity index (χ0v) is 19.1. The van der Waals surface area contributed by atoms with Gasteiger partial charge in [0.05, 0.1) is 12.8 Å². The second kappa shape index (κ2) is 9.89. The van der Waals surface area contributed by atoms with Crippen LogP contribution in [-0.4, -0.2) is 28.2 Å². The number of carbonyl (C=O) groups excluding carboxylic acids is 1. The quantitative estimate of drug-likeness (QED) is 0.332. The van der Waals surface area contributed by atoms with Crippen LogP contribution in [-0.2, 0) is 4.79 Å². The molecule has 0 aliphatic heterocycles. The minimum atomic E-state index is -0.560. The maximum absolute atomic E-state index is 13.3. The number of H-pyrrole nitrogens is 1. The number of aryl methyl sites for hydroxylation is 1. The number of methoxy groups -OCH3 is 1. The predicted molar refractivity (Wildman–Crippen MR) is 128 cm³/mol. The van der Waals surface area contributed by atoms with Crippen LogP contribution in [0.3, 0.4) is 0 Å². The Morgan fingerprint density at radius 1 is 1.09 bits per heavy atom. The van der Waals surface area contributed by atoms with Crippen LogP contribution in [0.4, 0.5) is 5.69 Å². The van der Waals surface area contributed by atoms with Crippen LogP contribution < -0.4 is 10.1 Å². The topological polar surface area (TPSA) is 79.9 Å². The van der Waals surface area contributed by atoms with Crippen LogP contribution in [0.1, 0.15) is 16.4 Å². The summed E-state index contributed by atoms with van der Waals surface area (Å²) in [6, 6.07) is 22.5. The van der Waals surface area contributed by atoms with Crippen molar-refractivity contribution < 1.29 is 9.53 Å². The van der Waals surface area contributed by atoms with Gasteiger partial charge in [0, 0.05) is 10.6 Å². The van der Waals surface area contributed by atoms with E-state index in [0.29, 0.717) is 27.4 Å². The highest BCUT2D eigenvalue weighted by Gasteiger charge is 2.25. The average molecular weight is 465 g/mol. The molecule has 0 aliphatic carbocycles. The highest BCUT2D eigenvalue weighted by atomic mass is 35.5. The molecule has 1 heterocycles. The zero-order chi connectivity index (χ0) is 22.5. The highest BCUT2D eigenvalue weighted by Crippen LogP contribution is 2.36. The molecule has 162 valence electrons. The monoisotopic (exact) mass is 464 g/mol. The van der Waals surface area contributed by atoms with Crippen molar-refractivity contribution in [3.05, 3.63) is 88.9 Å². The van der Waals surface area contributed by atoms with Crippen molar-refractivity contribution in [2.24, 2.45) is 0 Å². The lowest BCUT2D eigenvalue weighted by Gasteiger charge is -2.17. The summed E-state index contributed by atoms with van der Waals surface area (Å²) in [7, 11) is 1.58. The molecule has 0 saturated heterocycles. The van der Waals surface area contributed by atoms with Crippen LogP contribution in [0.5, 0.6) is 5.75 Å². The largest absolute Gasteiger partial charge is 0.495 e. The lowest BCUT2D eigenvalue weighted by atomic mass is 10.1. The van der Waals surface area contributed by atoms with E-state index in [1.54, 1.807) is 19.2 Å². The summed E-state index contributed by atoms with van der Waals surface area (Å²) < 4.78 is 5.41. The van der Waals surface area contributed by atoms with Crippen LogP contribution in [0.2, 0.25) is 5.02 Å². The van der Waals surface area contributed by atoms with Crippen molar-refractivity contribution in [1.82, 2.24) is 15.2 Å². The Hall–Kier alpha value is -3.29. The first-order valence-electron chi connectivity index (χ1n) is 9.89. The van der Waals surface area contributed by atoms with E-state index in [0.717, 1.165) is 16.7 Å². The van der Waals surface area contributed by atoms with Crippen molar-refractivity contribution in [2.75, 3.05) is 12.4 Å². The number of benzene rings is 3. The normalized spacial score (nSPS) is 11.7. The summed E-state index contributed by atoms with van der Waals surface area (Å²) >= 11 is 7.24. The number of aromatic amines is 1. The number of thioether (sulfide) groups is 1. The summed E-state index contributed by atoms with van der Waals surface area (Å²) in [6.07, 6.45) is 0. The fourth-order valence-electron chi connectivity index (χ4n) is 3.16. The van der Waals surface area contributed by atoms with Crippen molar-refractivity contribution in [3.8, 4) is 17.1 Å². The van der Waals surface area contributed by atoms with Gasteiger partial charge in [-0.25, -0.2) is 4.98 Å². The van der Waals surface area contributed by atoms with Crippen LogP contribution in [0.15, 0.2) is 78.0 Å². The molecule has 1 amide bonds. The third-order valence-corrected chi connectivity index (χ3v) is 6.13. The van der Waals surface area contributed by atoms with Crippen molar-refractivity contribution in [3.63, 3.8) is 0 Å². The van der Waals surface area contributed by atoms with Gasteiger partial charge in [0.25, 0.3) is 0 Å². The molecule has 4 rings (SSSR count). The van der Waals surface area contributed by atoms with Gasteiger partial charge in [0.1, 0.15) is 11.0 Å². The molecule has 1 atom stereocenters. The highest BCUT2D eigenvalue weighted by molar-refractivity contribution is 8.00. The number of amides is 1. The Labute approximate surface area is 195 Å². The standard InChI is InChI=1S/C24H21ClN4O2S/c1-15-8-13-20(31-2)19(14-15)26-23(30)21(16-6-4-3-5-7-16)32-24-27-22(28-29-24)17-9-11-18(25)12-10-17/h3-14,21H,1-2H3,(H,26,30)(H,27,28,29). The van der Waals surface area contributed by atoms with Crippen molar-refractivity contribution >= 4 is 35.0 Å². The molecule has 3 aromatic carbocycles. The molecule has 0 radical (unpaired) electrons. The number of halogens is 1. The first-order valence-corrected chi connectivity index (χ1v) is 11.1. The minimum absolute atomic E-state index is 0.192. The number of ether oxygens (including phenoxy) is 1. The lowest BCUT2D eigenvalue weighted by Crippen LogP contribution is -2.19. The van der Waals surface area contributed by atoms with Gasteiger partial charge in [-0.1, -0.05) is 59.8 Å². The maximum Gasteiger partial charge on any atom is 0.242 e. The van der Waals surface area contributed by atoms with Crippen LogP contribution >= 0.6 is 23.4 Å². The second-order valence-electron chi connectivity index (χ2n) is 7.08.